The predicted molar refractivity (Wildman–Crippen MR) is 68.2 cm³/mol. The number of benzene rings is 2. The van der Waals surface area contributed by atoms with Crippen molar-refractivity contribution in [1.29, 1.82) is 0 Å². The fourth-order valence-corrected chi connectivity index (χ4v) is 1.95. The minimum absolute atomic E-state index is 0.0613. The molecule has 0 unspecified atom stereocenters. The molecule has 0 bridgehead atoms. The standard InChI is InChI=1S/C15H12F2O2/c1-8-3-5-10(15(18)19)11(7-8)13-12(16)6-4-9(2)14(13)17/h3-7H,1-2H3,(H,18,19). The van der Waals surface area contributed by atoms with Gasteiger partial charge in [0, 0.05) is 5.56 Å². The number of halogens is 2. The molecule has 0 spiro atoms. The summed E-state index contributed by atoms with van der Waals surface area (Å²) in [5.41, 5.74) is 0.663. The van der Waals surface area contributed by atoms with E-state index in [0.29, 0.717) is 0 Å². The fourth-order valence-electron chi connectivity index (χ4n) is 1.95. The number of aryl methyl sites for hydroxylation is 2. The van der Waals surface area contributed by atoms with E-state index >= 15 is 0 Å². The molecule has 0 saturated carbocycles. The van der Waals surface area contributed by atoms with Gasteiger partial charge in [0.2, 0.25) is 0 Å². The molecule has 0 radical (unpaired) electrons. The second kappa shape index (κ2) is 4.80. The van der Waals surface area contributed by atoms with Crippen LogP contribution in [-0.4, -0.2) is 11.1 Å². The van der Waals surface area contributed by atoms with Crippen molar-refractivity contribution in [3.63, 3.8) is 0 Å². The van der Waals surface area contributed by atoms with Crippen LogP contribution in [0.5, 0.6) is 0 Å². The summed E-state index contributed by atoms with van der Waals surface area (Å²) in [5.74, 6) is -2.71. The van der Waals surface area contributed by atoms with E-state index in [9.17, 15) is 13.6 Å². The van der Waals surface area contributed by atoms with Gasteiger partial charge in [0.1, 0.15) is 11.6 Å². The third kappa shape index (κ3) is 2.34. The van der Waals surface area contributed by atoms with E-state index in [1.165, 1.54) is 25.1 Å². The first-order valence-electron chi connectivity index (χ1n) is 5.70. The Hall–Kier alpha value is -2.23. The van der Waals surface area contributed by atoms with E-state index in [0.717, 1.165) is 11.6 Å². The summed E-state index contributed by atoms with van der Waals surface area (Å²) < 4.78 is 27.9. The quantitative estimate of drug-likeness (QED) is 0.889. The molecule has 4 heteroatoms. The van der Waals surface area contributed by atoms with Crippen molar-refractivity contribution in [3.05, 3.63) is 58.7 Å². The van der Waals surface area contributed by atoms with Crippen LogP contribution in [0.1, 0.15) is 21.5 Å². The molecule has 2 nitrogen and oxygen atoms in total. The molecular formula is C15H12F2O2. The normalized spacial score (nSPS) is 10.5. The maximum Gasteiger partial charge on any atom is 0.336 e. The molecule has 0 aliphatic heterocycles. The number of hydrogen-bond acceptors (Lipinski definition) is 1. The monoisotopic (exact) mass is 262 g/mol. The third-order valence-electron chi connectivity index (χ3n) is 2.96. The summed E-state index contributed by atoms with van der Waals surface area (Å²) in [7, 11) is 0. The SMILES string of the molecule is Cc1ccc(C(=O)O)c(-c2c(F)ccc(C)c2F)c1. The lowest BCUT2D eigenvalue weighted by Gasteiger charge is -2.11. The molecule has 0 heterocycles. The highest BCUT2D eigenvalue weighted by atomic mass is 19.1. The average molecular weight is 262 g/mol. The van der Waals surface area contributed by atoms with Gasteiger partial charge in [-0.3, -0.25) is 0 Å². The maximum absolute atomic E-state index is 14.1. The largest absolute Gasteiger partial charge is 0.478 e. The number of hydrogen-bond donors (Lipinski definition) is 1. The molecule has 2 rings (SSSR count). The van der Waals surface area contributed by atoms with E-state index in [-0.39, 0.29) is 22.3 Å². The molecule has 0 fully saturated rings. The maximum atomic E-state index is 14.1. The zero-order valence-corrected chi connectivity index (χ0v) is 10.5. The Balaban J connectivity index is 2.82. The van der Waals surface area contributed by atoms with Crippen LogP contribution >= 0.6 is 0 Å². The summed E-state index contributed by atoms with van der Waals surface area (Å²) in [6.45, 7) is 3.25. The smallest absolute Gasteiger partial charge is 0.336 e. The number of rotatable bonds is 2. The molecule has 0 saturated heterocycles. The fraction of sp³-hybridized carbons (Fsp3) is 0.133. The Morgan fingerprint density at radius 2 is 1.79 bits per heavy atom. The van der Waals surface area contributed by atoms with E-state index in [2.05, 4.69) is 0 Å². The molecular weight excluding hydrogens is 250 g/mol. The zero-order valence-electron chi connectivity index (χ0n) is 10.5. The molecule has 2 aromatic carbocycles. The highest BCUT2D eigenvalue weighted by Crippen LogP contribution is 2.31. The molecule has 0 atom stereocenters. The van der Waals surface area contributed by atoms with Gasteiger partial charge in [-0.2, -0.15) is 0 Å². The summed E-state index contributed by atoms with van der Waals surface area (Å²) in [6, 6.07) is 6.89. The molecule has 2 aromatic rings. The number of carbonyl (C=O) groups is 1. The van der Waals surface area contributed by atoms with Crippen LogP contribution in [0.15, 0.2) is 30.3 Å². The first-order chi connectivity index (χ1) is 8.91. The molecule has 0 aromatic heterocycles. The highest BCUT2D eigenvalue weighted by Gasteiger charge is 2.19. The van der Waals surface area contributed by atoms with Gasteiger partial charge in [0.25, 0.3) is 0 Å². The van der Waals surface area contributed by atoms with Gasteiger partial charge in [0.15, 0.2) is 0 Å². The van der Waals surface area contributed by atoms with Crippen molar-refractivity contribution >= 4 is 5.97 Å². The van der Waals surface area contributed by atoms with Gasteiger partial charge in [-0.15, -0.1) is 0 Å². The number of carboxylic acid groups (broad SMARTS) is 1. The summed E-state index contributed by atoms with van der Waals surface area (Å²) in [6.07, 6.45) is 0. The average Bonchev–Trinajstić information content (AvgIpc) is 2.34. The Labute approximate surface area is 109 Å². The molecule has 19 heavy (non-hydrogen) atoms. The van der Waals surface area contributed by atoms with Gasteiger partial charge in [-0.25, -0.2) is 13.6 Å². The molecule has 0 aliphatic carbocycles. The number of carboxylic acids is 1. The van der Waals surface area contributed by atoms with E-state index < -0.39 is 17.6 Å². The first kappa shape index (κ1) is 13.2. The summed E-state index contributed by atoms with van der Waals surface area (Å²) in [4.78, 5) is 11.2. The van der Waals surface area contributed by atoms with Crippen LogP contribution in [0.25, 0.3) is 11.1 Å². The summed E-state index contributed by atoms with van der Waals surface area (Å²) >= 11 is 0. The van der Waals surface area contributed by atoms with Gasteiger partial charge >= 0.3 is 5.97 Å². The van der Waals surface area contributed by atoms with Crippen molar-refractivity contribution in [1.82, 2.24) is 0 Å². The van der Waals surface area contributed by atoms with Crippen molar-refractivity contribution in [3.8, 4) is 11.1 Å². The molecule has 0 aliphatic rings. The van der Waals surface area contributed by atoms with Crippen molar-refractivity contribution in [2.24, 2.45) is 0 Å². The second-order valence-electron chi connectivity index (χ2n) is 4.41. The van der Waals surface area contributed by atoms with Crippen LogP contribution in [0, 0.1) is 25.5 Å². The van der Waals surface area contributed by atoms with Crippen molar-refractivity contribution in [2.45, 2.75) is 13.8 Å². The van der Waals surface area contributed by atoms with Gasteiger partial charge in [-0.1, -0.05) is 23.8 Å². The second-order valence-corrected chi connectivity index (χ2v) is 4.41. The van der Waals surface area contributed by atoms with Crippen LogP contribution in [-0.2, 0) is 0 Å². The van der Waals surface area contributed by atoms with Gasteiger partial charge < -0.3 is 5.11 Å². The lowest BCUT2D eigenvalue weighted by Crippen LogP contribution is -2.03. The minimum Gasteiger partial charge on any atom is -0.478 e. The van der Waals surface area contributed by atoms with Gasteiger partial charge in [0.05, 0.1) is 11.1 Å². The Bertz CT molecular complexity index is 663. The van der Waals surface area contributed by atoms with Crippen molar-refractivity contribution in [2.75, 3.05) is 0 Å². The minimum atomic E-state index is -1.21. The van der Waals surface area contributed by atoms with Crippen LogP contribution in [0.3, 0.4) is 0 Å². The number of aromatic carboxylic acids is 1. The zero-order chi connectivity index (χ0) is 14.2. The van der Waals surface area contributed by atoms with E-state index in [1.54, 1.807) is 13.0 Å². The molecule has 98 valence electrons. The van der Waals surface area contributed by atoms with Crippen LogP contribution < -0.4 is 0 Å². The van der Waals surface area contributed by atoms with Crippen LogP contribution in [0.4, 0.5) is 8.78 Å². The van der Waals surface area contributed by atoms with Crippen LogP contribution in [0.2, 0.25) is 0 Å². The van der Waals surface area contributed by atoms with E-state index in [1.807, 2.05) is 0 Å². The lowest BCUT2D eigenvalue weighted by molar-refractivity contribution is 0.0697. The molecule has 1 N–H and O–H groups in total. The first-order valence-corrected chi connectivity index (χ1v) is 5.70. The Kier molecular flexibility index (Phi) is 3.34. The van der Waals surface area contributed by atoms with E-state index in [4.69, 9.17) is 5.11 Å². The topological polar surface area (TPSA) is 37.3 Å². The predicted octanol–water partition coefficient (Wildman–Crippen LogP) is 3.95. The lowest BCUT2D eigenvalue weighted by atomic mass is 9.95. The Morgan fingerprint density at radius 3 is 2.42 bits per heavy atom. The van der Waals surface area contributed by atoms with Crippen molar-refractivity contribution < 1.29 is 18.7 Å². The summed E-state index contributed by atoms with van der Waals surface area (Å²) in [5, 5.41) is 9.12. The third-order valence-corrected chi connectivity index (χ3v) is 2.96. The molecule has 0 amide bonds. The van der Waals surface area contributed by atoms with Gasteiger partial charge in [-0.05, 0) is 31.5 Å². The Morgan fingerprint density at radius 1 is 1.11 bits per heavy atom. The highest BCUT2D eigenvalue weighted by molar-refractivity contribution is 5.96.